The standard InChI is InChI=1S/C88H93NO22/c1-6-65-69(54(3)72(103-78(90)59-36-20-10-21-37-59)84(99-65)95-49-48-89(50-57-32-16-8-17-33-57)88(94)98-51-58-34-18-9-19-35-58)109-87-77(106-81(93)62-42-26-13-27-43-62)76(75-68(102-87)53-97-83(110-75)64-46-30-15-31-47-64)111-85-73(104-79(91)60-38-22-11-23-39-60)55(4)70(66(7-2)100-85)108-86-74(105-80(92)61-40-24-12-25-41-61)56(5)71-67(101-86)52-96-82(107-71)63-44-28-14-29-45-63/h8-47,54-56,65-77,82-87H,6-7,48-53H2,1-5H3/t54-,55-,56-,65?,66?,67?,68?,69-,70-,71-,72?,73?,74?,75+,76-,77?,82?,83?,84+,85-,86-,87-/m0/s1. The molecule has 582 valence electrons. The van der Waals surface area contributed by atoms with E-state index in [4.69, 9.17) is 80.5 Å². The predicted molar refractivity (Wildman–Crippen MR) is 399 cm³/mol. The zero-order valence-corrected chi connectivity index (χ0v) is 62.4. The number of esters is 4. The molecule has 0 N–H and O–H groups in total. The number of amides is 1. The van der Waals surface area contributed by atoms with Gasteiger partial charge in [-0.3, -0.25) is 0 Å². The van der Waals surface area contributed by atoms with Crippen LogP contribution in [0.5, 0.6) is 0 Å². The average molecular weight is 1520 g/mol. The van der Waals surface area contributed by atoms with Gasteiger partial charge >= 0.3 is 30.0 Å². The molecule has 111 heavy (non-hydrogen) atoms. The maximum atomic E-state index is 15.1. The van der Waals surface area contributed by atoms with Crippen molar-refractivity contribution in [3.63, 3.8) is 0 Å². The molecule has 6 saturated heterocycles. The molecule has 0 aliphatic carbocycles. The minimum Gasteiger partial charge on any atom is -0.453 e. The first-order valence-corrected chi connectivity index (χ1v) is 38.1. The monoisotopic (exact) mass is 1520 g/mol. The molecule has 6 heterocycles. The summed E-state index contributed by atoms with van der Waals surface area (Å²) in [7, 11) is 0. The molecule has 0 saturated carbocycles. The van der Waals surface area contributed by atoms with Crippen molar-refractivity contribution in [3.8, 4) is 0 Å². The molecule has 23 heteroatoms. The van der Waals surface area contributed by atoms with Gasteiger partial charge in [-0.2, -0.15) is 0 Å². The van der Waals surface area contributed by atoms with Crippen LogP contribution in [-0.4, -0.2) is 166 Å². The second-order valence-electron chi connectivity index (χ2n) is 28.5. The van der Waals surface area contributed by atoms with E-state index in [1.165, 1.54) is 0 Å². The Kier molecular flexibility index (Phi) is 26.2. The van der Waals surface area contributed by atoms with Gasteiger partial charge in [0.2, 0.25) is 0 Å². The number of nitrogens with zero attached hydrogens (tertiary/aromatic N) is 1. The number of benzene rings is 8. The Morgan fingerprint density at radius 1 is 0.369 bits per heavy atom. The van der Waals surface area contributed by atoms with Gasteiger partial charge in [-0.05, 0) is 72.5 Å². The van der Waals surface area contributed by atoms with Crippen LogP contribution in [0.3, 0.4) is 0 Å². The summed E-state index contributed by atoms with van der Waals surface area (Å²) in [5.74, 6) is -4.96. The zero-order chi connectivity index (χ0) is 76.7. The van der Waals surface area contributed by atoms with E-state index in [1.807, 2.05) is 156 Å². The molecule has 0 bridgehead atoms. The van der Waals surface area contributed by atoms with Crippen molar-refractivity contribution in [3.05, 3.63) is 287 Å². The first kappa shape index (κ1) is 78.1. The average Bonchev–Trinajstić information content (AvgIpc) is 0.751. The lowest BCUT2D eigenvalue weighted by Crippen LogP contribution is -2.68. The Morgan fingerprint density at radius 2 is 0.721 bits per heavy atom. The third-order valence-corrected chi connectivity index (χ3v) is 21.1. The lowest BCUT2D eigenvalue weighted by molar-refractivity contribution is -0.406. The number of hydrogen-bond donors (Lipinski definition) is 0. The smallest absolute Gasteiger partial charge is 0.410 e. The highest BCUT2D eigenvalue weighted by molar-refractivity contribution is 5.91. The van der Waals surface area contributed by atoms with Crippen LogP contribution in [-0.2, 0) is 93.7 Å². The van der Waals surface area contributed by atoms with E-state index in [2.05, 4.69) is 0 Å². The molecule has 6 fully saturated rings. The maximum Gasteiger partial charge on any atom is 0.410 e. The quantitative estimate of drug-likeness (QED) is 0.0361. The molecule has 6 aliphatic rings. The molecule has 6 aliphatic heterocycles. The molecule has 22 atom stereocenters. The zero-order valence-electron chi connectivity index (χ0n) is 62.4. The molecule has 10 unspecified atom stereocenters. The van der Waals surface area contributed by atoms with Crippen molar-refractivity contribution in [2.45, 2.75) is 178 Å². The van der Waals surface area contributed by atoms with Gasteiger partial charge < -0.3 is 85.4 Å². The van der Waals surface area contributed by atoms with Crippen LogP contribution in [0, 0.1) is 17.8 Å². The molecule has 0 aromatic heterocycles. The fourth-order valence-electron chi connectivity index (χ4n) is 15.1. The third-order valence-electron chi connectivity index (χ3n) is 21.1. The van der Waals surface area contributed by atoms with E-state index in [1.54, 1.807) is 126 Å². The fraction of sp³-hybridized carbons (Fsp3) is 0.398. The Bertz CT molecular complexity index is 4280. The van der Waals surface area contributed by atoms with Crippen LogP contribution < -0.4 is 0 Å². The van der Waals surface area contributed by atoms with Crippen molar-refractivity contribution in [1.82, 2.24) is 4.90 Å². The summed E-state index contributed by atoms with van der Waals surface area (Å²) in [4.78, 5) is 74.3. The van der Waals surface area contributed by atoms with E-state index < -0.39 is 165 Å². The Morgan fingerprint density at radius 3 is 1.17 bits per heavy atom. The van der Waals surface area contributed by atoms with Crippen LogP contribution in [0.25, 0.3) is 0 Å². The lowest BCUT2D eigenvalue weighted by atomic mass is 9.87. The largest absolute Gasteiger partial charge is 0.453 e. The topological polar surface area (TPSA) is 245 Å². The first-order valence-electron chi connectivity index (χ1n) is 38.1. The van der Waals surface area contributed by atoms with E-state index in [9.17, 15) is 19.2 Å². The van der Waals surface area contributed by atoms with Gasteiger partial charge in [-0.25, -0.2) is 24.0 Å². The molecule has 0 radical (unpaired) electrons. The van der Waals surface area contributed by atoms with Crippen LogP contribution in [0.4, 0.5) is 4.79 Å². The third kappa shape index (κ3) is 18.8. The van der Waals surface area contributed by atoms with Gasteiger partial charge in [0.05, 0.1) is 72.6 Å². The predicted octanol–water partition coefficient (Wildman–Crippen LogP) is 13.8. The van der Waals surface area contributed by atoms with Gasteiger partial charge in [0.15, 0.2) is 62.2 Å². The van der Waals surface area contributed by atoms with E-state index >= 15 is 4.79 Å². The molecular weight excluding hydrogens is 1420 g/mol. The summed E-state index contributed by atoms with van der Waals surface area (Å²) in [6.07, 6.45) is -21.1. The molecule has 14 rings (SSSR count). The summed E-state index contributed by atoms with van der Waals surface area (Å²) >= 11 is 0. The summed E-state index contributed by atoms with van der Waals surface area (Å²) in [6, 6.07) is 71.7. The summed E-state index contributed by atoms with van der Waals surface area (Å²) in [6.45, 7) is 9.64. The van der Waals surface area contributed by atoms with Gasteiger partial charge in [0.25, 0.3) is 0 Å². The normalized spacial score (nSPS) is 30.4. The Labute approximate surface area is 645 Å². The van der Waals surface area contributed by atoms with Gasteiger partial charge in [-0.15, -0.1) is 0 Å². The summed E-state index contributed by atoms with van der Waals surface area (Å²) in [5, 5.41) is 0. The second-order valence-corrected chi connectivity index (χ2v) is 28.5. The van der Waals surface area contributed by atoms with Crippen molar-refractivity contribution in [2.75, 3.05) is 26.4 Å². The molecule has 1 amide bonds. The van der Waals surface area contributed by atoms with Crippen LogP contribution in [0.2, 0.25) is 0 Å². The van der Waals surface area contributed by atoms with E-state index in [0.717, 1.165) is 16.7 Å². The Hall–Kier alpha value is -9.57. The molecule has 23 nitrogen and oxygen atoms in total. The first-order chi connectivity index (χ1) is 54.2. The van der Waals surface area contributed by atoms with Crippen molar-refractivity contribution >= 4 is 30.0 Å². The number of rotatable bonds is 26. The summed E-state index contributed by atoms with van der Waals surface area (Å²) < 4.78 is 116. The highest BCUT2D eigenvalue weighted by Crippen LogP contribution is 2.45. The Balaban J connectivity index is 0.794. The summed E-state index contributed by atoms with van der Waals surface area (Å²) in [5.41, 5.74) is 4.10. The second kappa shape index (κ2) is 37.2. The molecule has 0 spiro atoms. The number of fused-ring (bicyclic) bond motifs is 2. The number of ether oxygens (including phenoxy) is 17. The van der Waals surface area contributed by atoms with E-state index in [-0.39, 0.29) is 62.6 Å². The number of carbonyl (C=O) groups is 5. The minimum atomic E-state index is -1.57. The van der Waals surface area contributed by atoms with Gasteiger partial charge in [0, 0.05) is 42.0 Å². The van der Waals surface area contributed by atoms with Crippen molar-refractivity contribution in [1.29, 1.82) is 0 Å². The fourth-order valence-corrected chi connectivity index (χ4v) is 15.1. The van der Waals surface area contributed by atoms with Crippen LogP contribution in [0.1, 0.15) is 124 Å². The molecule has 8 aromatic rings. The van der Waals surface area contributed by atoms with Crippen LogP contribution in [0.15, 0.2) is 243 Å². The van der Waals surface area contributed by atoms with Gasteiger partial charge in [-0.1, -0.05) is 229 Å². The number of carbonyl (C=O) groups excluding carboxylic acids is 5. The molecule has 8 aromatic carbocycles. The molecular formula is C88H93NO22. The SMILES string of the molecule is CCC1O[C@@H](O[C@@H]2C(OC(=O)c3ccccc3)[C@H](O[C@@H]3C(CC)O[C@@H](OCCN(Cc4ccccc4)C(=O)OCc4ccccc4)C(OC(=O)c4ccccc4)[C@H]3C)OC3COC(c4ccccc4)O[C@H]32)C(OC(=O)c2ccccc2)[C@@H](C)[C@@H]1O[C@@H]1OC2COC(c3ccccc3)O[C@H]2[C@H](C)C1OC(=O)c1ccccc1. The van der Waals surface area contributed by atoms with Crippen molar-refractivity contribution in [2.24, 2.45) is 17.8 Å². The van der Waals surface area contributed by atoms with Crippen LogP contribution >= 0.6 is 0 Å². The maximum absolute atomic E-state index is 15.1. The van der Waals surface area contributed by atoms with E-state index in [0.29, 0.717) is 17.5 Å². The highest BCUT2D eigenvalue weighted by Gasteiger charge is 2.60. The van der Waals surface area contributed by atoms with Crippen molar-refractivity contribution < 1.29 is 104 Å². The van der Waals surface area contributed by atoms with Gasteiger partial charge in [0.1, 0.15) is 31.0 Å². The minimum absolute atomic E-state index is 0.0414. The highest BCUT2D eigenvalue weighted by atomic mass is 16.8. The number of hydrogen-bond acceptors (Lipinski definition) is 22. The lowest BCUT2D eigenvalue weighted by Gasteiger charge is -2.53.